The number of hydrogen-bond acceptors (Lipinski definition) is 6. The Morgan fingerprint density at radius 2 is 1.92 bits per heavy atom. The molecule has 5 rings (SSSR count). The number of fused-ring (bicyclic) bond motifs is 3. The van der Waals surface area contributed by atoms with Crippen molar-refractivity contribution in [2.24, 2.45) is 0 Å². The number of aryl methyl sites for hydroxylation is 2. The first-order valence-electron chi connectivity index (χ1n) is 8.89. The lowest BCUT2D eigenvalue weighted by molar-refractivity contribution is 0.774. The van der Waals surface area contributed by atoms with Gasteiger partial charge in [-0.05, 0) is 31.4 Å². The van der Waals surface area contributed by atoms with Crippen LogP contribution in [-0.4, -0.2) is 33.3 Å². The van der Waals surface area contributed by atoms with Gasteiger partial charge in [0, 0.05) is 24.4 Å². The molecule has 5 nitrogen and oxygen atoms in total. The van der Waals surface area contributed by atoms with Gasteiger partial charge in [0.2, 0.25) is 0 Å². The molecule has 0 unspecified atom stereocenters. The van der Waals surface area contributed by atoms with Gasteiger partial charge in [0.1, 0.15) is 17.0 Å². The minimum Gasteiger partial charge on any atom is -0.355 e. The smallest absolute Gasteiger partial charge is 0.150 e. The van der Waals surface area contributed by atoms with Crippen LogP contribution in [0.2, 0.25) is 0 Å². The molecule has 1 atom stereocenters. The SMILES string of the molecule is Cc1nnc2sc3c(N4CC[C@@H](c5ccccc5)C4)ncnc3c2c1C. The van der Waals surface area contributed by atoms with Crippen LogP contribution in [0, 0.1) is 13.8 Å². The van der Waals surface area contributed by atoms with Gasteiger partial charge in [-0.25, -0.2) is 9.97 Å². The predicted octanol–water partition coefficient (Wildman–Crippen LogP) is 4.25. The molecular weight excluding hydrogens is 342 g/mol. The third kappa shape index (κ3) is 2.36. The summed E-state index contributed by atoms with van der Waals surface area (Å²) in [4.78, 5) is 12.6. The number of rotatable bonds is 2. The van der Waals surface area contributed by atoms with Crippen molar-refractivity contribution in [2.75, 3.05) is 18.0 Å². The molecule has 130 valence electrons. The summed E-state index contributed by atoms with van der Waals surface area (Å²) in [5.74, 6) is 1.59. The van der Waals surface area contributed by atoms with Crippen molar-refractivity contribution >= 4 is 37.6 Å². The average Bonchev–Trinajstić information content (AvgIpc) is 3.30. The fourth-order valence-electron chi connectivity index (χ4n) is 3.85. The second kappa shape index (κ2) is 5.99. The zero-order valence-corrected chi connectivity index (χ0v) is 15.6. The van der Waals surface area contributed by atoms with E-state index in [1.807, 2.05) is 6.92 Å². The second-order valence-electron chi connectivity index (χ2n) is 6.91. The van der Waals surface area contributed by atoms with E-state index < -0.39 is 0 Å². The topological polar surface area (TPSA) is 54.8 Å². The zero-order chi connectivity index (χ0) is 17.7. The summed E-state index contributed by atoms with van der Waals surface area (Å²) in [6, 6.07) is 10.8. The van der Waals surface area contributed by atoms with Crippen molar-refractivity contribution < 1.29 is 0 Å². The average molecular weight is 361 g/mol. The Morgan fingerprint density at radius 1 is 1.08 bits per heavy atom. The fraction of sp³-hybridized carbons (Fsp3) is 0.300. The quantitative estimate of drug-likeness (QED) is 0.534. The Balaban J connectivity index is 1.59. The molecule has 3 aromatic heterocycles. The van der Waals surface area contributed by atoms with E-state index >= 15 is 0 Å². The summed E-state index contributed by atoms with van der Waals surface area (Å²) >= 11 is 1.65. The molecule has 1 saturated heterocycles. The Bertz CT molecular complexity index is 1110. The molecule has 0 amide bonds. The number of nitrogens with zero attached hydrogens (tertiary/aromatic N) is 5. The van der Waals surface area contributed by atoms with Crippen LogP contribution < -0.4 is 4.90 Å². The number of aromatic nitrogens is 4. The van der Waals surface area contributed by atoms with Crippen LogP contribution in [0.15, 0.2) is 36.7 Å². The largest absolute Gasteiger partial charge is 0.355 e. The van der Waals surface area contributed by atoms with Crippen LogP contribution in [0.3, 0.4) is 0 Å². The van der Waals surface area contributed by atoms with Crippen LogP contribution in [0.5, 0.6) is 0 Å². The molecule has 0 aliphatic carbocycles. The molecule has 0 saturated carbocycles. The van der Waals surface area contributed by atoms with E-state index in [0.29, 0.717) is 5.92 Å². The third-order valence-corrected chi connectivity index (χ3v) is 6.46. The van der Waals surface area contributed by atoms with Crippen molar-refractivity contribution in [1.29, 1.82) is 0 Å². The molecule has 1 fully saturated rings. The first-order chi connectivity index (χ1) is 12.7. The molecule has 0 N–H and O–H groups in total. The summed E-state index contributed by atoms with van der Waals surface area (Å²) in [7, 11) is 0. The number of hydrogen-bond donors (Lipinski definition) is 0. The van der Waals surface area contributed by atoms with E-state index in [-0.39, 0.29) is 0 Å². The molecular formula is C20H19N5S. The number of anilines is 1. The Kier molecular flexibility index (Phi) is 3.60. The summed E-state index contributed by atoms with van der Waals surface area (Å²) in [6.45, 7) is 6.11. The maximum absolute atomic E-state index is 4.64. The fourth-order valence-corrected chi connectivity index (χ4v) is 5.00. The van der Waals surface area contributed by atoms with E-state index in [1.165, 1.54) is 5.56 Å². The van der Waals surface area contributed by atoms with Gasteiger partial charge in [0.25, 0.3) is 0 Å². The van der Waals surface area contributed by atoms with E-state index in [4.69, 9.17) is 0 Å². The van der Waals surface area contributed by atoms with Gasteiger partial charge in [-0.1, -0.05) is 30.3 Å². The van der Waals surface area contributed by atoms with Crippen LogP contribution in [0.1, 0.15) is 29.2 Å². The molecule has 26 heavy (non-hydrogen) atoms. The normalized spacial score (nSPS) is 17.5. The van der Waals surface area contributed by atoms with Gasteiger partial charge in [0.05, 0.1) is 15.9 Å². The lowest BCUT2D eigenvalue weighted by Gasteiger charge is -2.18. The molecule has 1 aromatic carbocycles. The van der Waals surface area contributed by atoms with Crippen molar-refractivity contribution in [3.63, 3.8) is 0 Å². The van der Waals surface area contributed by atoms with Gasteiger partial charge in [-0.3, -0.25) is 0 Å². The van der Waals surface area contributed by atoms with Gasteiger partial charge < -0.3 is 4.90 Å². The molecule has 4 aromatic rings. The Labute approximate surface area is 155 Å². The lowest BCUT2D eigenvalue weighted by Crippen LogP contribution is -2.20. The first kappa shape index (κ1) is 15.6. The Morgan fingerprint density at radius 3 is 2.77 bits per heavy atom. The van der Waals surface area contributed by atoms with Gasteiger partial charge in [0.15, 0.2) is 0 Å². The van der Waals surface area contributed by atoms with Gasteiger partial charge in [-0.2, -0.15) is 5.10 Å². The zero-order valence-electron chi connectivity index (χ0n) is 14.8. The molecule has 0 radical (unpaired) electrons. The summed E-state index contributed by atoms with van der Waals surface area (Å²) in [5, 5.41) is 9.80. The standard InChI is InChI=1S/C20H19N5S/c1-12-13(2)23-24-20-16(12)17-18(26-20)19(22-11-21-17)25-9-8-15(10-25)14-6-4-3-5-7-14/h3-7,11,15H,8-10H2,1-2H3/t15-/m1/s1. The highest BCUT2D eigenvalue weighted by atomic mass is 32.1. The summed E-state index contributed by atoms with van der Waals surface area (Å²) in [6.07, 6.45) is 2.84. The van der Waals surface area contributed by atoms with Crippen molar-refractivity contribution in [3.05, 3.63) is 53.5 Å². The minimum absolute atomic E-state index is 0.555. The molecule has 0 bridgehead atoms. The van der Waals surface area contributed by atoms with E-state index in [2.05, 4.69) is 62.3 Å². The molecule has 0 spiro atoms. The summed E-state index contributed by atoms with van der Waals surface area (Å²) < 4.78 is 1.12. The maximum Gasteiger partial charge on any atom is 0.150 e. The highest BCUT2D eigenvalue weighted by molar-refractivity contribution is 7.26. The molecule has 1 aliphatic heterocycles. The van der Waals surface area contributed by atoms with Crippen LogP contribution >= 0.6 is 11.3 Å². The molecule has 4 heterocycles. The van der Waals surface area contributed by atoms with Crippen molar-refractivity contribution in [2.45, 2.75) is 26.2 Å². The van der Waals surface area contributed by atoms with E-state index in [9.17, 15) is 0 Å². The first-order valence-corrected chi connectivity index (χ1v) is 9.71. The van der Waals surface area contributed by atoms with Crippen LogP contribution in [-0.2, 0) is 0 Å². The number of benzene rings is 1. The Hall–Kier alpha value is -2.60. The van der Waals surface area contributed by atoms with Gasteiger partial charge in [-0.15, -0.1) is 16.4 Å². The third-order valence-electron chi connectivity index (χ3n) is 5.40. The van der Waals surface area contributed by atoms with Crippen LogP contribution in [0.25, 0.3) is 20.4 Å². The van der Waals surface area contributed by atoms with E-state index in [0.717, 1.165) is 57.0 Å². The minimum atomic E-state index is 0.555. The highest BCUT2D eigenvalue weighted by Crippen LogP contribution is 2.40. The number of thiophene rings is 1. The monoisotopic (exact) mass is 361 g/mol. The maximum atomic E-state index is 4.64. The predicted molar refractivity (Wildman–Crippen MR) is 106 cm³/mol. The molecule has 1 aliphatic rings. The highest BCUT2D eigenvalue weighted by Gasteiger charge is 2.27. The van der Waals surface area contributed by atoms with Crippen molar-refractivity contribution in [3.8, 4) is 0 Å². The molecule has 6 heteroatoms. The van der Waals surface area contributed by atoms with Crippen LogP contribution in [0.4, 0.5) is 5.82 Å². The van der Waals surface area contributed by atoms with E-state index in [1.54, 1.807) is 17.7 Å². The second-order valence-corrected chi connectivity index (χ2v) is 7.91. The van der Waals surface area contributed by atoms with Gasteiger partial charge >= 0.3 is 0 Å². The lowest BCUT2D eigenvalue weighted by atomic mass is 9.99. The van der Waals surface area contributed by atoms with Crippen molar-refractivity contribution in [1.82, 2.24) is 20.2 Å². The summed E-state index contributed by atoms with van der Waals surface area (Å²) in [5.41, 5.74) is 4.54.